The third-order valence-corrected chi connectivity index (χ3v) is 0.667. The summed E-state index contributed by atoms with van der Waals surface area (Å²) in [5.74, 6) is 0. The Kier molecular flexibility index (Phi) is 36.2. The molecule has 0 heterocycles. The van der Waals surface area contributed by atoms with Crippen LogP contribution in [0.2, 0.25) is 0 Å². The fourth-order valence-corrected chi connectivity index (χ4v) is 0.385. The van der Waals surface area contributed by atoms with Crippen LogP contribution in [-0.4, -0.2) is 19.3 Å². The van der Waals surface area contributed by atoms with E-state index < -0.39 is 0 Å². The average Bonchev–Trinajstić information content (AvgIpc) is 2.14. The predicted octanol–water partition coefficient (Wildman–Crippen LogP) is -2.72. The minimum absolute atomic E-state index is 0. The molecule has 0 aliphatic rings. The molecule has 0 fully saturated rings. The second kappa shape index (κ2) is 22.4. The zero-order valence-corrected chi connectivity index (χ0v) is 10.4. The van der Waals surface area contributed by atoms with Gasteiger partial charge < -0.3 is 10.2 Å². The van der Waals surface area contributed by atoms with Crippen molar-refractivity contribution in [2.24, 2.45) is 0 Å². The van der Waals surface area contributed by atoms with Crippen molar-refractivity contribution < 1.29 is 61.6 Å². The van der Waals surface area contributed by atoms with Crippen LogP contribution in [0.4, 0.5) is 0 Å². The third kappa shape index (κ3) is 18.1. The van der Waals surface area contributed by atoms with Gasteiger partial charge in [-0.05, 0) is 0 Å². The molecule has 0 unspecified atom stereocenters. The van der Waals surface area contributed by atoms with Crippen molar-refractivity contribution in [3.05, 3.63) is 36.4 Å². The van der Waals surface area contributed by atoms with Crippen LogP contribution in [0.5, 0.6) is 0 Å². The molecule has 0 aromatic heterocycles. The molecule has 1 aromatic rings. The van der Waals surface area contributed by atoms with Crippen LogP contribution in [-0.2, 0) is 0 Å². The van der Waals surface area contributed by atoms with Crippen molar-refractivity contribution in [2.45, 2.75) is 0 Å². The molecule has 0 atom stereocenters. The van der Waals surface area contributed by atoms with Crippen LogP contribution in [0, 0.1) is 0 Å². The van der Waals surface area contributed by atoms with Gasteiger partial charge in [0.2, 0.25) is 0 Å². The molecule has 1 N–H and O–H groups in total. The van der Waals surface area contributed by atoms with Crippen LogP contribution in [0.3, 0.4) is 0 Å². The fraction of sp³-hybridized carbons (Fsp3) is 0.250. The number of hydrogen-bond acceptors (Lipinski definition) is 2. The molecule has 3 heteroatoms. The van der Waals surface area contributed by atoms with E-state index in [0.717, 1.165) is 14.2 Å². The zero-order chi connectivity index (χ0) is 8.24. The monoisotopic (exact) mass is 180 g/mol. The molecule has 58 valence electrons. The molecule has 11 heavy (non-hydrogen) atoms. The SMILES string of the molecule is CO.C[O-].[K+].c1ccccc1. The van der Waals surface area contributed by atoms with Gasteiger partial charge in [-0.3, -0.25) is 0 Å². The van der Waals surface area contributed by atoms with Gasteiger partial charge in [0.1, 0.15) is 0 Å². The van der Waals surface area contributed by atoms with Gasteiger partial charge in [-0.1, -0.05) is 36.4 Å². The molecule has 0 saturated carbocycles. The van der Waals surface area contributed by atoms with Gasteiger partial charge in [0.25, 0.3) is 0 Å². The summed E-state index contributed by atoms with van der Waals surface area (Å²) in [6.45, 7) is 0. The fourth-order valence-electron chi connectivity index (χ4n) is 0.385. The van der Waals surface area contributed by atoms with Crippen molar-refractivity contribution in [3.63, 3.8) is 0 Å². The number of hydrogen-bond donors (Lipinski definition) is 1. The predicted molar refractivity (Wildman–Crippen MR) is 40.5 cm³/mol. The normalized spacial score (nSPS) is 5.45. The summed E-state index contributed by atoms with van der Waals surface area (Å²) < 4.78 is 0. The van der Waals surface area contributed by atoms with E-state index in [0.29, 0.717) is 0 Å². The molecule has 0 spiro atoms. The Morgan fingerprint density at radius 3 is 0.909 bits per heavy atom. The summed E-state index contributed by atoms with van der Waals surface area (Å²) >= 11 is 0. The number of aliphatic hydroxyl groups excluding tert-OH is 1. The first-order valence-electron chi connectivity index (χ1n) is 2.86. The molecular formula is C8H13KO2. The summed E-state index contributed by atoms with van der Waals surface area (Å²) in [6, 6.07) is 12.0. The molecular weight excluding hydrogens is 167 g/mol. The Labute approximate surface area is 111 Å². The molecule has 0 aliphatic heterocycles. The van der Waals surface area contributed by atoms with Crippen LogP contribution in [0.25, 0.3) is 0 Å². The summed E-state index contributed by atoms with van der Waals surface area (Å²) in [5, 5.41) is 15.2. The molecule has 0 bridgehead atoms. The van der Waals surface area contributed by atoms with E-state index in [1.54, 1.807) is 0 Å². The van der Waals surface area contributed by atoms with Crippen molar-refractivity contribution in [1.29, 1.82) is 0 Å². The maximum absolute atomic E-state index is 8.25. The van der Waals surface area contributed by atoms with Gasteiger partial charge in [-0.15, -0.1) is 0 Å². The Bertz CT molecular complexity index is 84.0. The Morgan fingerprint density at radius 1 is 0.727 bits per heavy atom. The summed E-state index contributed by atoms with van der Waals surface area (Å²) in [7, 11) is 1.75. The minimum atomic E-state index is 0. The van der Waals surface area contributed by atoms with Crippen LogP contribution < -0.4 is 56.5 Å². The third-order valence-electron chi connectivity index (χ3n) is 0.667. The second-order valence-electron chi connectivity index (χ2n) is 1.15. The Hall–Kier alpha value is 0.776. The summed E-state index contributed by atoms with van der Waals surface area (Å²) in [4.78, 5) is 0. The average molecular weight is 180 g/mol. The van der Waals surface area contributed by atoms with E-state index in [-0.39, 0.29) is 51.4 Å². The quantitative estimate of drug-likeness (QED) is 0.441. The number of benzene rings is 1. The minimum Gasteiger partial charge on any atom is -0.857 e. The van der Waals surface area contributed by atoms with Crippen LogP contribution >= 0.6 is 0 Å². The smallest absolute Gasteiger partial charge is 0.857 e. The maximum Gasteiger partial charge on any atom is 1.00 e. The van der Waals surface area contributed by atoms with Crippen LogP contribution in [0.15, 0.2) is 36.4 Å². The van der Waals surface area contributed by atoms with Crippen molar-refractivity contribution in [3.8, 4) is 0 Å². The van der Waals surface area contributed by atoms with Gasteiger partial charge in [0, 0.05) is 7.11 Å². The van der Waals surface area contributed by atoms with E-state index in [1.165, 1.54) is 0 Å². The first kappa shape index (κ1) is 17.8. The van der Waals surface area contributed by atoms with Gasteiger partial charge in [-0.2, -0.15) is 7.11 Å². The molecule has 0 amide bonds. The van der Waals surface area contributed by atoms with Gasteiger partial charge >= 0.3 is 51.4 Å². The molecule has 2 nitrogen and oxygen atoms in total. The topological polar surface area (TPSA) is 43.3 Å². The van der Waals surface area contributed by atoms with E-state index in [9.17, 15) is 0 Å². The zero-order valence-electron chi connectivity index (χ0n) is 7.32. The van der Waals surface area contributed by atoms with Gasteiger partial charge in [0.05, 0.1) is 0 Å². The number of aliphatic hydroxyl groups is 1. The van der Waals surface area contributed by atoms with E-state index in [1.807, 2.05) is 36.4 Å². The van der Waals surface area contributed by atoms with Crippen molar-refractivity contribution in [1.82, 2.24) is 0 Å². The Balaban J connectivity index is -0.000000114. The second-order valence-corrected chi connectivity index (χ2v) is 1.15. The molecule has 0 radical (unpaired) electrons. The summed E-state index contributed by atoms with van der Waals surface area (Å²) in [5.41, 5.74) is 0. The molecule has 1 rings (SSSR count). The van der Waals surface area contributed by atoms with E-state index >= 15 is 0 Å². The molecule has 0 aliphatic carbocycles. The van der Waals surface area contributed by atoms with Crippen LogP contribution in [0.1, 0.15) is 0 Å². The first-order chi connectivity index (χ1) is 5.00. The van der Waals surface area contributed by atoms with Gasteiger partial charge in [-0.25, -0.2) is 0 Å². The maximum atomic E-state index is 8.25. The Morgan fingerprint density at radius 2 is 0.818 bits per heavy atom. The van der Waals surface area contributed by atoms with Gasteiger partial charge in [0.15, 0.2) is 0 Å². The molecule has 0 saturated heterocycles. The largest absolute Gasteiger partial charge is 1.00 e. The first-order valence-corrected chi connectivity index (χ1v) is 2.86. The van der Waals surface area contributed by atoms with Crippen molar-refractivity contribution >= 4 is 0 Å². The number of rotatable bonds is 0. The standard InChI is InChI=1S/C6H6.CH4O.CH3O.K/c1-2-4-6-5-3-1;2*1-2;/h1-6H;2H,1H3;1H3;/q;;-1;+1. The van der Waals surface area contributed by atoms with Crippen molar-refractivity contribution in [2.75, 3.05) is 14.2 Å². The molecule has 1 aromatic carbocycles. The van der Waals surface area contributed by atoms with E-state index in [2.05, 4.69) is 0 Å². The summed E-state index contributed by atoms with van der Waals surface area (Å²) in [6.07, 6.45) is 0. The van der Waals surface area contributed by atoms with E-state index in [4.69, 9.17) is 10.2 Å².